The third-order valence-corrected chi connectivity index (χ3v) is 6.17. The minimum Gasteiger partial charge on any atom is -0.342 e. The van der Waals surface area contributed by atoms with Crippen molar-refractivity contribution in [3.63, 3.8) is 0 Å². The van der Waals surface area contributed by atoms with Crippen LogP contribution in [-0.2, 0) is 10.2 Å². The Hall–Kier alpha value is -1.06. The molecule has 1 spiro atoms. The number of amides is 1. The number of carbonyl (C=O) groups is 1. The average Bonchev–Trinajstić information content (AvgIpc) is 3.24. The zero-order chi connectivity index (χ0) is 15.2. The first-order valence-electron chi connectivity index (χ1n) is 8.71. The summed E-state index contributed by atoms with van der Waals surface area (Å²) in [7, 11) is 0. The first kappa shape index (κ1) is 16.8. The van der Waals surface area contributed by atoms with Crippen molar-refractivity contribution in [3.05, 3.63) is 35.4 Å². The fourth-order valence-electron chi connectivity index (χ4n) is 4.40. The molecule has 0 radical (unpaired) electrons. The molecule has 0 atom stereocenters. The third kappa shape index (κ3) is 2.89. The van der Waals surface area contributed by atoms with E-state index in [1.807, 2.05) is 0 Å². The Balaban J connectivity index is 0.00000156. The normalized spacial score (nSPS) is 24.3. The molecule has 3 aliphatic rings. The summed E-state index contributed by atoms with van der Waals surface area (Å²) in [4.78, 5) is 15.3. The average molecular weight is 335 g/mol. The van der Waals surface area contributed by atoms with Crippen LogP contribution in [0, 0.1) is 12.3 Å². The number of hydrogen-bond acceptors (Lipinski definition) is 2. The van der Waals surface area contributed by atoms with Crippen molar-refractivity contribution in [1.82, 2.24) is 10.2 Å². The number of likely N-dealkylation sites (tertiary alicyclic amines) is 1. The lowest BCUT2D eigenvalue weighted by Gasteiger charge is -2.40. The smallest absolute Gasteiger partial charge is 0.233 e. The van der Waals surface area contributed by atoms with Gasteiger partial charge in [-0.05, 0) is 56.6 Å². The summed E-state index contributed by atoms with van der Waals surface area (Å²) in [6.07, 6.45) is 5.69. The van der Waals surface area contributed by atoms with Crippen LogP contribution in [-0.4, -0.2) is 37.0 Å². The predicted molar refractivity (Wildman–Crippen MR) is 95.1 cm³/mol. The largest absolute Gasteiger partial charge is 0.342 e. The Labute approximate surface area is 145 Å². The molecule has 2 aliphatic heterocycles. The minimum atomic E-state index is -0.190. The molecule has 1 aliphatic carbocycles. The molecular formula is C19H27ClN2O. The molecule has 0 bridgehead atoms. The first-order chi connectivity index (χ1) is 10.6. The standard InChI is InChI=1S/C19H26N2O.ClH/c1-15-3-2-4-16(13-15)19(5-6-19)17(22)21-11-8-18(9-12-21)7-10-20-14-18;/h2-4,13,20H,5-12,14H2,1H3;1H. The van der Waals surface area contributed by atoms with Gasteiger partial charge in [0.1, 0.15) is 0 Å². The summed E-state index contributed by atoms with van der Waals surface area (Å²) in [6, 6.07) is 8.55. The fraction of sp³-hybridized carbons (Fsp3) is 0.632. The zero-order valence-corrected chi connectivity index (χ0v) is 14.8. The molecule has 23 heavy (non-hydrogen) atoms. The fourth-order valence-corrected chi connectivity index (χ4v) is 4.40. The SMILES string of the molecule is Cc1cccc(C2(C(=O)N3CCC4(CCNC4)CC3)CC2)c1.Cl. The quantitative estimate of drug-likeness (QED) is 0.901. The van der Waals surface area contributed by atoms with Crippen LogP contribution in [0.5, 0.6) is 0 Å². The molecule has 1 aromatic carbocycles. The van der Waals surface area contributed by atoms with Crippen LogP contribution in [0.25, 0.3) is 0 Å². The molecule has 0 unspecified atom stereocenters. The Morgan fingerprint density at radius 1 is 1.13 bits per heavy atom. The number of piperidine rings is 1. The van der Waals surface area contributed by atoms with E-state index >= 15 is 0 Å². The lowest BCUT2D eigenvalue weighted by Crippen LogP contribution is -2.47. The second-order valence-electron chi connectivity index (χ2n) is 7.67. The highest BCUT2D eigenvalue weighted by Gasteiger charge is 2.53. The minimum absolute atomic E-state index is 0. The van der Waals surface area contributed by atoms with Gasteiger partial charge >= 0.3 is 0 Å². The lowest BCUT2D eigenvalue weighted by atomic mass is 9.77. The molecule has 2 saturated heterocycles. The van der Waals surface area contributed by atoms with Crippen molar-refractivity contribution in [2.75, 3.05) is 26.2 Å². The molecule has 4 heteroatoms. The molecule has 1 N–H and O–H groups in total. The van der Waals surface area contributed by atoms with Gasteiger partial charge in [0, 0.05) is 19.6 Å². The number of benzene rings is 1. The van der Waals surface area contributed by atoms with Crippen molar-refractivity contribution in [2.24, 2.45) is 5.41 Å². The van der Waals surface area contributed by atoms with Crippen LogP contribution in [0.3, 0.4) is 0 Å². The summed E-state index contributed by atoms with van der Waals surface area (Å²) < 4.78 is 0. The molecule has 3 nitrogen and oxygen atoms in total. The van der Waals surface area contributed by atoms with Crippen LogP contribution < -0.4 is 5.32 Å². The second-order valence-corrected chi connectivity index (χ2v) is 7.67. The van der Waals surface area contributed by atoms with Gasteiger partial charge in [-0.3, -0.25) is 4.79 Å². The van der Waals surface area contributed by atoms with E-state index in [-0.39, 0.29) is 17.8 Å². The molecule has 0 aromatic heterocycles. The molecule has 3 fully saturated rings. The van der Waals surface area contributed by atoms with E-state index in [0.717, 1.165) is 39.0 Å². The Morgan fingerprint density at radius 3 is 2.43 bits per heavy atom. The highest BCUT2D eigenvalue weighted by atomic mass is 35.5. The van der Waals surface area contributed by atoms with Gasteiger partial charge in [-0.2, -0.15) is 0 Å². The van der Waals surface area contributed by atoms with E-state index in [9.17, 15) is 4.79 Å². The van der Waals surface area contributed by atoms with Gasteiger partial charge in [0.05, 0.1) is 5.41 Å². The molecule has 2 heterocycles. The Bertz CT molecular complexity index is 581. The van der Waals surface area contributed by atoms with Crippen LogP contribution in [0.15, 0.2) is 24.3 Å². The highest BCUT2D eigenvalue weighted by molar-refractivity contribution is 5.91. The lowest BCUT2D eigenvalue weighted by molar-refractivity contribution is -0.136. The van der Waals surface area contributed by atoms with E-state index < -0.39 is 0 Å². The van der Waals surface area contributed by atoms with E-state index in [0.29, 0.717) is 11.3 Å². The van der Waals surface area contributed by atoms with E-state index in [4.69, 9.17) is 0 Å². The van der Waals surface area contributed by atoms with E-state index in [2.05, 4.69) is 41.4 Å². The van der Waals surface area contributed by atoms with Crippen molar-refractivity contribution in [2.45, 2.75) is 44.4 Å². The van der Waals surface area contributed by atoms with Gasteiger partial charge in [0.15, 0.2) is 0 Å². The molecule has 126 valence electrons. The predicted octanol–water partition coefficient (Wildman–Crippen LogP) is 3.05. The second kappa shape index (κ2) is 6.10. The summed E-state index contributed by atoms with van der Waals surface area (Å²) in [5.41, 5.74) is 2.79. The summed E-state index contributed by atoms with van der Waals surface area (Å²) >= 11 is 0. The topological polar surface area (TPSA) is 32.3 Å². The van der Waals surface area contributed by atoms with Gasteiger partial charge in [0.25, 0.3) is 0 Å². The van der Waals surface area contributed by atoms with Crippen LogP contribution >= 0.6 is 12.4 Å². The van der Waals surface area contributed by atoms with Crippen molar-refractivity contribution in [3.8, 4) is 0 Å². The number of nitrogens with zero attached hydrogens (tertiary/aromatic N) is 1. The Morgan fingerprint density at radius 2 is 1.87 bits per heavy atom. The first-order valence-corrected chi connectivity index (χ1v) is 8.71. The third-order valence-electron chi connectivity index (χ3n) is 6.17. The summed E-state index contributed by atoms with van der Waals surface area (Å²) in [5, 5.41) is 3.50. The van der Waals surface area contributed by atoms with Crippen LogP contribution in [0.2, 0.25) is 0 Å². The maximum absolute atomic E-state index is 13.1. The van der Waals surface area contributed by atoms with Crippen LogP contribution in [0.1, 0.15) is 43.2 Å². The monoisotopic (exact) mass is 334 g/mol. The number of carbonyl (C=O) groups excluding carboxylic acids is 1. The number of aryl methyl sites for hydroxylation is 1. The van der Waals surface area contributed by atoms with Gasteiger partial charge in [-0.1, -0.05) is 29.8 Å². The number of rotatable bonds is 2. The molecule has 4 rings (SSSR count). The van der Waals surface area contributed by atoms with Crippen molar-refractivity contribution < 1.29 is 4.79 Å². The van der Waals surface area contributed by atoms with Gasteiger partial charge in [-0.25, -0.2) is 0 Å². The number of nitrogens with one attached hydrogen (secondary N) is 1. The van der Waals surface area contributed by atoms with E-state index in [1.165, 1.54) is 30.4 Å². The van der Waals surface area contributed by atoms with Gasteiger partial charge in [-0.15, -0.1) is 12.4 Å². The summed E-state index contributed by atoms with van der Waals surface area (Å²) in [5.74, 6) is 0.388. The zero-order valence-electron chi connectivity index (χ0n) is 13.9. The van der Waals surface area contributed by atoms with E-state index in [1.54, 1.807) is 0 Å². The Kier molecular flexibility index (Phi) is 4.45. The molecule has 1 saturated carbocycles. The maximum atomic E-state index is 13.1. The molecule has 1 amide bonds. The van der Waals surface area contributed by atoms with Gasteiger partial charge < -0.3 is 10.2 Å². The van der Waals surface area contributed by atoms with Gasteiger partial charge in [0.2, 0.25) is 5.91 Å². The molecular weight excluding hydrogens is 308 g/mol. The number of hydrogen-bond donors (Lipinski definition) is 1. The number of halogens is 1. The van der Waals surface area contributed by atoms with Crippen LogP contribution in [0.4, 0.5) is 0 Å². The van der Waals surface area contributed by atoms with Crippen molar-refractivity contribution >= 4 is 18.3 Å². The van der Waals surface area contributed by atoms with Crippen molar-refractivity contribution in [1.29, 1.82) is 0 Å². The highest BCUT2D eigenvalue weighted by Crippen LogP contribution is 2.50. The summed E-state index contributed by atoms with van der Waals surface area (Å²) in [6.45, 7) is 6.32. The molecule has 1 aromatic rings. The maximum Gasteiger partial charge on any atom is 0.233 e.